The van der Waals surface area contributed by atoms with E-state index >= 15 is 0 Å². The average Bonchev–Trinajstić information content (AvgIpc) is 2.62. The van der Waals surface area contributed by atoms with Crippen molar-refractivity contribution in [3.8, 4) is 10.6 Å². The molecule has 1 aromatic heterocycles. The van der Waals surface area contributed by atoms with Crippen molar-refractivity contribution in [2.75, 3.05) is 7.05 Å². The van der Waals surface area contributed by atoms with E-state index in [0.29, 0.717) is 0 Å². The van der Waals surface area contributed by atoms with Gasteiger partial charge in [0.15, 0.2) is 0 Å². The van der Waals surface area contributed by atoms with Crippen molar-refractivity contribution in [3.63, 3.8) is 0 Å². The summed E-state index contributed by atoms with van der Waals surface area (Å²) in [6.07, 6.45) is 0. The van der Waals surface area contributed by atoms with E-state index < -0.39 is 0 Å². The number of rotatable bonds is 3. The van der Waals surface area contributed by atoms with Gasteiger partial charge in [0, 0.05) is 17.0 Å². The van der Waals surface area contributed by atoms with Crippen LogP contribution in [0.3, 0.4) is 0 Å². The van der Waals surface area contributed by atoms with E-state index in [2.05, 4.69) is 48.4 Å². The molecular weight excluding hydrogens is 216 g/mol. The third-order valence-corrected chi connectivity index (χ3v) is 3.74. The summed E-state index contributed by atoms with van der Waals surface area (Å²) in [5, 5.41) is 4.28. The maximum absolute atomic E-state index is 4.61. The van der Waals surface area contributed by atoms with E-state index in [0.717, 1.165) is 17.2 Å². The maximum atomic E-state index is 4.61. The fourth-order valence-corrected chi connectivity index (χ4v) is 2.65. The second-order valence-electron chi connectivity index (χ2n) is 3.92. The van der Waals surface area contributed by atoms with Gasteiger partial charge in [-0.25, -0.2) is 4.98 Å². The number of thiazole rings is 1. The highest BCUT2D eigenvalue weighted by Crippen LogP contribution is 2.27. The lowest BCUT2D eigenvalue weighted by Crippen LogP contribution is -2.04. The first kappa shape index (κ1) is 11.3. The second-order valence-corrected chi connectivity index (χ2v) is 5.01. The first-order valence-corrected chi connectivity index (χ1v) is 6.20. The first-order valence-electron chi connectivity index (χ1n) is 5.38. The molecule has 0 unspecified atom stereocenters. The van der Waals surface area contributed by atoms with Crippen LogP contribution in [-0.4, -0.2) is 12.0 Å². The molecule has 1 N–H and O–H groups in total. The Bertz CT molecular complexity index is 471. The molecule has 0 amide bonds. The minimum absolute atomic E-state index is 0.898. The highest BCUT2D eigenvalue weighted by molar-refractivity contribution is 7.15. The summed E-state index contributed by atoms with van der Waals surface area (Å²) in [7, 11) is 1.96. The van der Waals surface area contributed by atoms with Gasteiger partial charge in [0.25, 0.3) is 0 Å². The van der Waals surface area contributed by atoms with Gasteiger partial charge in [0.05, 0.1) is 5.69 Å². The van der Waals surface area contributed by atoms with Gasteiger partial charge < -0.3 is 5.32 Å². The highest BCUT2D eigenvalue weighted by atomic mass is 32.1. The fourth-order valence-electron chi connectivity index (χ4n) is 1.57. The Morgan fingerprint density at radius 3 is 2.50 bits per heavy atom. The van der Waals surface area contributed by atoms with E-state index in [1.807, 2.05) is 7.05 Å². The van der Waals surface area contributed by atoms with Gasteiger partial charge in [-0.2, -0.15) is 0 Å². The Kier molecular flexibility index (Phi) is 3.36. The molecule has 1 heterocycles. The van der Waals surface area contributed by atoms with Gasteiger partial charge >= 0.3 is 0 Å². The number of hydrogen-bond donors (Lipinski definition) is 1. The monoisotopic (exact) mass is 232 g/mol. The van der Waals surface area contributed by atoms with E-state index in [-0.39, 0.29) is 0 Å². The van der Waals surface area contributed by atoms with Crippen LogP contribution in [0, 0.1) is 13.8 Å². The topological polar surface area (TPSA) is 24.9 Å². The molecule has 0 spiro atoms. The molecular formula is C13H16N2S. The molecule has 0 saturated heterocycles. The zero-order valence-electron chi connectivity index (χ0n) is 9.87. The van der Waals surface area contributed by atoms with E-state index in [4.69, 9.17) is 0 Å². The molecule has 0 aliphatic carbocycles. The van der Waals surface area contributed by atoms with Crippen molar-refractivity contribution in [3.05, 3.63) is 40.4 Å². The SMILES string of the molecule is CNCc1sc(-c2ccc(C)cc2)nc1C. The van der Waals surface area contributed by atoms with Crippen LogP contribution < -0.4 is 5.32 Å². The molecule has 3 heteroatoms. The smallest absolute Gasteiger partial charge is 0.123 e. The van der Waals surface area contributed by atoms with Crippen molar-refractivity contribution >= 4 is 11.3 Å². The number of nitrogens with zero attached hydrogens (tertiary/aromatic N) is 1. The van der Waals surface area contributed by atoms with Crippen LogP contribution in [0.2, 0.25) is 0 Å². The predicted octanol–water partition coefficient (Wildman–Crippen LogP) is 3.15. The van der Waals surface area contributed by atoms with Gasteiger partial charge in [-0.3, -0.25) is 0 Å². The summed E-state index contributed by atoms with van der Waals surface area (Å²) < 4.78 is 0. The van der Waals surface area contributed by atoms with Crippen molar-refractivity contribution in [1.82, 2.24) is 10.3 Å². The minimum atomic E-state index is 0.898. The van der Waals surface area contributed by atoms with Crippen LogP contribution in [0.1, 0.15) is 16.1 Å². The van der Waals surface area contributed by atoms with Crippen LogP contribution in [0.15, 0.2) is 24.3 Å². The standard InChI is InChI=1S/C13H16N2S/c1-9-4-6-11(7-5-9)13-15-10(2)12(16-13)8-14-3/h4-7,14H,8H2,1-3H3. The second kappa shape index (κ2) is 4.76. The number of hydrogen-bond acceptors (Lipinski definition) is 3. The molecule has 1 aromatic carbocycles. The van der Waals surface area contributed by atoms with Crippen molar-refractivity contribution in [1.29, 1.82) is 0 Å². The molecule has 2 rings (SSSR count). The fraction of sp³-hybridized carbons (Fsp3) is 0.308. The third-order valence-electron chi connectivity index (χ3n) is 2.53. The number of aryl methyl sites for hydroxylation is 2. The van der Waals surface area contributed by atoms with Crippen LogP contribution in [0.25, 0.3) is 10.6 Å². The van der Waals surface area contributed by atoms with Gasteiger partial charge in [-0.1, -0.05) is 29.8 Å². The van der Waals surface area contributed by atoms with E-state index in [1.54, 1.807) is 11.3 Å². The lowest BCUT2D eigenvalue weighted by Gasteiger charge is -1.96. The number of aromatic nitrogens is 1. The molecule has 2 nitrogen and oxygen atoms in total. The molecule has 0 aliphatic rings. The average molecular weight is 232 g/mol. The first-order chi connectivity index (χ1) is 7.70. The Balaban J connectivity index is 2.33. The molecule has 16 heavy (non-hydrogen) atoms. The summed E-state index contributed by atoms with van der Waals surface area (Å²) in [4.78, 5) is 5.93. The molecule has 0 fully saturated rings. The molecule has 84 valence electrons. The summed E-state index contributed by atoms with van der Waals surface area (Å²) in [5.74, 6) is 0. The Morgan fingerprint density at radius 1 is 1.19 bits per heavy atom. The predicted molar refractivity (Wildman–Crippen MR) is 69.8 cm³/mol. The lowest BCUT2D eigenvalue weighted by atomic mass is 10.2. The Morgan fingerprint density at radius 2 is 1.88 bits per heavy atom. The minimum Gasteiger partial charge on any atom is -0.315 e. The summed E-state index contributed by atoms with van der Waals surface area (Å²) in [6.45, 7) is 5.07. The van der Waals surface area contributed by atoms with Crippen molar-refractivity contribution in [2.45, 2.75) is 20.4 Å². The van der Waals surface area contributed by atoms with E-state index in [1.165, 1.54) is 16.0 Å². The zero-order valence-corrected chi connectivity index (χ0v) is 10.7. The summed E-state index contributed by atoms with van der Waals surface area (Å²) in [6, 6.07) is 8.53. The maximum Gasteiger partial charge on any atom is 0.123 e. The third kappa shape index (κ3) is 2.31. The quantitative estimate of drug-likeness (QED) is 0.879. The van der Waals surface area contributed by atoms with Gasteiger partial charge in [-0.05, 0) is 20.9 Å². The summed E-state index contributed by atoms with van der Waals surface area (Å²) >= 11 is 1.77. The number of benzene rings is 1. The van der Waals surface area contributed by atoms with Crippen molar-refractivity contribution < 1.29 is 0 Å². The molecule has 0 aliphatic heterocycles. The van der Waals surface area contributed by atoms with Gasteiger partial charge in [0.2, 0.25) is 0 Å². The Labute approximate surface area is 100 Å². The van der Waals surface area contributed by atoms with Crippen LogP contribution >= 0.6 is 11.3 Å². The van der Waals surface area contributed by atoms with Gasteiger partial charge in [-0.15, -0.1) is 11.3 Å². The molecule has 0 saturated carbocycles. The largest absolute Gasteiger partial charge is 0.315 e. The van der Waals surface area contributed by atoms with Crippen LogP contribution in [-0.2, 0) is 6.54 Å². The normalized spacial score (nSPS) is 10.7. The highest BCUT2D eigenvalue weighted by Gasteiger charge is 2.08. The van der Waals surface area contributed by atoms with Crippen LogP contribution in [0.4, 0.5) is 0 Å². The molecule has 0 radical (unpaired) electrons. The Hall–Kier alpha value is -1.19. The zero-order chi connectivity index (χ0) is 11.5. The summed E-state index contributed by atoms with van der Waals surface area (Å²) in [5.41, 5.74) is 3.63. The van der Waals surface area contributed by atoms with Crippen LogP contribution in [0.5, 0.6) is 0 Å². The van der Waals surface area contributed by atoms with Gasteiger partial charge in [0.1, 0.15) is 5.01 Å². The van der Waals surface area contributed by atoms with E-state index in [9.17, 15) is 0 Å². The molecule has 0 atom stereocenters. The number of nitrogens with one attached hydrogen (secondary N) is 1. The molecule has 0 bridgehead atoms. The lowest BCUT2D eigenvalue weighted by molar-refractivity contribution is 0.823. The molecule has 2 aromatic rings. The van der Waals surface area contributed by atoms with Crippen molar-refractivity contribution in [2.24, 2.45) is 0 Å².